The van der Waals surface area contributed by atoms with E-state index in [9.17, 15) is 5.11 Å². The van der Waals surface area contributed by atoms with Crippen LogP contribution in [0.1, 0.15) is 58.3 Å². The smallest absolute Gasteiger partial charge is 0.0577 e. The molecule has 1 aliphatic rings. The van der Waals surface area contributed by atoms with Gasteiger partial charge in [-0.15, -0.1) is 0 Å². The van der Waals surface area contributed by atoms with Crippen LogP contribution in [0.25, 0.3) is 0 Å². The van der Waals surface area contributed by atoms with Crippen molar-refractivity contribution in [2.75, 3.05) is 7.11 Å². The van der Waals surface area contributed by atoms with Gasteiger partial charge in [-0.2, -0.15) is 0 Å². The monoisotopic (exact) mass is 226 g/mol. The first-order valence-corrected chi connectivity index (χ1v) is 6.65. The minimum Gasteiger partial charge on any atom is -0.393 e. The summed E-state index contributed by atoms with van der Waals surface area (Å²) in [6.07, 6.45) is 11.5. The van der Waals surface area contributed by atoms with Gasteiger partial charge in [-0.1, -0.05) is 18.6 Å². The first kappa shape index (κ1) is 13.7. The van der Waals surface area contributed by atoms with E-state index in [2.05, 4.69) is 13.0 Å². The summed E-state index contributed by atoms with van der Waals surface area (Å²) in [6, 6.07) is 0. The second kappa shape index (κ2) is 7.86. The average molecular weight is 226 g/mol. The van der Waals surface area contributed by atoms with Gasteiger partial charge in [0.25, 0.3) is 0 Å². The highest BCUT2D eigenvalue weighted by molar-refractivity contribution is 5.06. The lowest BCUT2D eigenvalue weighted by Crippen LogP contribution is -2.13. The summed E-state index contributed by atoms with van der Waals surface area (Å²) >= 11 is 0. The molecule has 0 aromatic rings. The number of hydrogen-bond acceptors (Lipinski definition) is 2. The molecule has 0 saturated heterocycles. The van der Waals surface area contributed by atoms with Crippen molar-refractivity contribution in [2.24, 2.45) is 0 Å². The number of aliphatic hydroxyl groups is 1. The molecule has 0 aromatic heterocycles. The second-order valence-corrected chi connectivity index (χ2v) is 4.81. The van der Waals surface area contributed by atoms with E-state index in [0.717, 1.165) is 38.5 Å². The van der Waals surface area contributed by atoms with Crippen molar-refractivity contribution >= 4 is 0 Å². The van der Waals surface area contributed by atoms with E-state index in [1.54, 1.807) is 7.11 Å². The number of unbranched alkanes of at least 4 members (excludes halogenated alkanes) is 1. The number of aliphatic hydroxyl groups excluding tert-OH is 1. The van der Waals surface area contributed by atoms with Gasteiger partial charge in [-0.05, 0) is 51.4 Å². The maximum atomic E-state index is 9.54. The average Bonchev–Trinajstić information content (AvgIpc) is 2.29. The zero-order valence-corrected chi connectivity index (χ0v) is 10.7. The Kier molecular flexibility index (Phi) is 6.74. The van der Waals surface area contributed by atoms with Gasteiger partial charge in [0.05, 0.1) is 12.2 Å². The molecule has 1 saturated carbocycles. The fourth-order valence-electron chi connectivity index (χ4n) is 2.40. The number of hydrogen-bond donors (Lipinski definition) is 1. The quantitative estimate of drug-likeness (QED) is 0.555. The van der Waals surface area contributed by atoms with Gasteiger partial charge < -0.3 is 9.84 Å². The molecule has 0 bridgehead atoms. The van der Waals surface area contributed by atoms with E-state index in [1.807, 2.05) is 0 Å². The van der Waals surface area contributed by atoms with Crippen LogP contribution in [0.15, 0.2) is 11.6 Å². The zero-order valence-electron chi connectivity index (χ0n) is 10.7. The highest BCUT2D eigenvalue weighted by Gasteiger charge is 2.13. The second-order valence-electron chi connectivity index (χ2n) is 4.81. The third kappa shape index (κ3) is 5.13. The van der Waals surface area contributed by atoms with Gasteiger partial charge in [0.2, 0.25) is 0 Å². The fourth-order valence-corrected chi connectivity index (χ4v) is 2.40. The van der Waals surface area contributed by atoms with Crippen LogP contribution in [-0.2, 0) is 4.74 Å². The van der Waals surface area contributed by atoms with E-state index in [0.29, 0.717) is 6.10 Å². The Bertz CT molecular complexity index is 207. The Morgan fingerprint density at radius 1 is 1.56 bits per heavy atom. The SMILES string of the molecule is CCC(CCCC=C1CCCC(O)C1)OC. The molecule has 2 nitrogen and oxygen atoms in total. The lowest BCUT2D eigenvalue weighted by molar-refractivity contribution is 0.0906. The van der Waals surface area contributed by atoms with Crippen molar-refractivity contribution in [3.63, 3.8) is 0 Å². The standard InChI is InChI=1S/C14H26O2/c1-3-14(16-2)10-5-4-7-12-8-6-9-13(15)11-12/h7,13-15H,3-6,8-11H2,1-2H3. The number of rotatable bonds is 6. The van der Waals surface area contributed by atoms with E-state index >= 15 is 0 Å². The molecule has 0 heterocycles. The number of methoxy groups -OCH3 is 1. The Balaban J connectivity index is 2.15. The van der Waals surface area contributed by atoms with Crippen molar-refractivity contribution in [3.8, 4) is 0 Å². The first-order valence-electron chi connectivity index (χ1n) is 6.65. The molecule has 0 aromatic carbocycles. The van der Waals surface area contributed by atoms with Crippen molar-refractivity contribution < 1.29 is 9.84 Å². The Labute approximate surface area is 99.7 Å². The molecule has 0 amide bonds. The molecule has 2 heteroatoms. The van der Waals surface area contributed by atoms with Crippen molar-refractivity contribution in [3.05, 3.63) is 11.6 Å². The van der Waals surface area contributed by atoms with E-state index in [1.165, 1.54) is 18.4 Å². The van der Waals surface area contributed by atoms with Gasteiger partial charge in [0.1, 0.15) is 0 Å². The fraction of sp³-hybridized carbons (Fsp3) is 0.857. The molecule has 94 valence electrons. The predicted octanol–water partition coefficient (Wildman–Crippen LogP) is 3.44. The Hall–Kier alpha value is -0.340. The third-order valence-corrected chi connectivity index (χ3v) is 3.48. The van der Waals surface area contributed by atoms with Crippen molar-refractivity contribution in [1.82, 2.24) is 0 Å². The van der Waals surface area contributed by atoms with E-state index < -0.39 is 0 Å². The number of ether oxygens (including phenoxy) is 1. The maximum Gasteiger partial charge on any atom is 0.0577 e. The van der Waals surface area contributed by atoms with E-state index in [-0.39, 0.29) is 6.10 Å². The minimum absolute atomic E-state index is 0.0811. The van der Waals surface area contributed by atoms with Crippen LogP contribution >= 0.6 is 0 Å². The molecule has 16 heavy (non-hydrogen) atoms. The summed E-state index contributed by atoms with van der Waals surface area (Å²) in [6.45, 7) is 2.17. The Morgan fingerprint density at radius 2 is 2.38 bits per heavy atom. The number of allylic oxidation sites excluding steroid dienone is 1. The minimum atomic E-state index is -0.0811. The van der Waals surface area contributed by atoms with Gasteiger partial charge in [-0.3, -0.25) is 0 Å². The molecule has 0 radical (unpaired) electrons. The van der Waals surface area contributed by atoms with Crippen LogP contribution in [0.4, 0.5) is 0 Å². The molecule has 1 N–H and O–H groups in total. The summed E-state index contributed by atoms with van der Waals surface area (Å²) < 4.78 is 5.35. The zero-order chi connectivity index (χ0) is 11.8. The summed E-state index contributed by atoms with van der Waals surface area (Å²) in [5.74, 6) is 0. The molecule has 0 spiro atoms. The highest BCUT2D eigenvalue weighted by atomic mass is 16.5. The topological polar surface area (TPSA) is 29.5 Å². The Morgan fingerprint density at radius 3 is 3.00 bits per heavy atom. The molecule has 2 atom stereocenters. The van der Waals surface area contributed by atoms with Crippen LogP contribution in [0.2, 0.25) is 0 Å². The lowest BCUT2D eigenvalue weighted by atomic mass is 9.91. The predicted molar refractivity (Wildman–Crippen MR) is 67.5 cm³/mol. The van der Waals surface area contributed by atoms with Crippen molar-refractivity contribution in [2.45, 2.75) is 70.5 Å². The van der Waals surface area contributed by atoms with Crippen LogP contribution in [0, 0.1) is 0 Å². The van der Waals surface area contributed by atoms with Crippen molar-refractivity contribution in [1.29, 1.82) is 0 Å². The molecular formula is C14H26O2. The van der Waals surface area contributed by atoms with Crippen LogP contribution in [0.3, 0.4) is 0 Å². The normalized spacial score (nSPS) is 25.9. The maximum absolute atomic E-state index is 9.54. The highest BCUT2D eigenvalue weighted by Crippen LogP contribution is 2.24. The van der Waals surface area contributed by atoms with Gasteiger partial charge in [0, 0.05) is 7.11 Å². The van der Waals surface area contributed by atoms with Crippen LogP contribution in [0.5, 0.6) is 0 Å². The molecule has 2 unspecified atom stereocenters. The molecular weight excluding hydrogens is 200 g/mol. The van der Waals surface area contributed by atoms with Gasteiger partial charge >= 0.3 is 0 Å². The molecule has 1 rings (SSSR count). The van der Waals surface area contributed by atoms with Gasteiger partial charge in [-0.25, -0.2) is 0 Å². The lowest BCUT2D eigenvalue weighted by Gasteiger charge is -2.19. The summed E-state index contributed by atoms with van der Waals surface area (Å²) in [4.78, 5) is 0. The van der Waals surface area contributed by atoms with Crippen LogP contribution in [-0.4, -0.2) is 24.4 Å². The molecule has 1 aliphatic carbocycles. The first-order chi connectivity index (χ1) is 7.76. The van der Waals surface area contributed by atoms with Crippen LogP contribution < -0.4 is 0 Å². The third-order valence-electron chi connectivity index (χ3n) is 3.48. The summed E-state index contributed by atoms with van der Waals surface area (Å²) in [5.41, 5.74) is 1.46. The largest absolute Gasteiger partial charge is 0.393 e. The molecule has 0 aliphatic heterocycles. The molecule has 1 fully saturated rings. The summed E-state index contributed by atoms with van der Waals surface area (Å²) in [5, 5.41) is 9.54. The van der Waals surface area contributed by atoms with E-state index in [4.69, 9.17) is 4.74 Å². The summed E-state index contributed by atoms with van der Waals surface area (Å²) in [7, 11) is 1.80. The van der Waals surface area contributed by atoms with Gasteiger partial charge in [0.15, 0.2) is 0 Å².